The molecule has 0 radical (unpaired) electrons. The molecule has 0 saturated carbocycles. The third-order valence-electron chi connectivity index (χ3n) is 6.22. The van der Waals surface area contributed by atoms with Crippen LogP contribution in [0.4, 0.5) is 22.7 Å². The van der Waals surface area contributed by atoms with Gasteiger partial charge in [0.2, 0.25) is 0 Å². The summed E-state index contributed by atoms with van der Waals surface area (Å²) in [4.78, 5) is 27.9. The molecular weight excluding hydrogens is 396 g/mol. The van der Waals surface area contributed by atoms with Gasteiger partial charge in [-0.05, 0) is 36.6 Å². The van der Waals surface area contributed by atoms with Gasteiger partial charge in [0, 0.05) is 37.5 Å². The number of nitro benzene ring substituents is 1. The van der Waals surface area contributed by atoms with E-state index in [9.17, 15) is 14.9 Å². The minimum absolute atomic E-state index is 0.0154. The van der Waals surface area contributed by atoms with Crippen LogP contribution in [0, 0.1) is 10.1 Å². The van der Waals surface area contributed by atoms with E-state index in [1.807, 2.05) is 36.2 Å². The largest absolute Gasteiger partial charge is 0.472 e. The van der Waals surface area contributed by atoms with Crippen LogP contribution in [0.3, 0.4) is 0 Å². The fraction of sp³-hybridized carbons (Fsp3) is 0.261. The first-order valence-electron chi connectivity index (χ1n) is 10.2. The molecule has 3 aromatic rings. The van der Waals surface area contributed by atoms with E-state index in [2.05, 4.69) is 16.3 Å². The summed E-state index contributed by atoms with van der Waals surface area (Å²) in [5.74, 6) is -0.137. The summed E-state index contributed by atoms with van der Waals surface area (Å²) in [5, 5.41) is 14.5. The van der Waals surface area contributed by atoms with E-state index in [4.69, 9.17) is 4.42 Å². The van der Waals surface area contributed by atoms with E-state index < -0.39 is 0 Å². The van der Waals surface area contributed by atoms with Crippen molar-refractivity contribution >= 4 is 28.7 Å². The number of hydrogen-bond acceptors (Lipinski definition) is 6. The third kappa shape index (κ3) is 3.30. The summed E-state index contributed by atoms with van der Waals surface area (Å²) in [6.07, 6.45) is 4.46. The van der Waals surface area contributed by atoms with E-state index in [0.29, 0.717) is 5.56 Å². The number of nitro groups is 1. The smallest absolute Gasteiger partial charge is 0.271 e. The molecule has 0 unspecified atom stereocenters. The highest BCUT2D eigenvalue weighted by atomic mass is 16.6. The van der Waals surface area contributed by atoms with E-state index in [1.54, 1.807) is 18.2 Å². The Kier molecular flexibility index (Phi) is 4.62. The van der Waals surface area contributed by atoms with Gasteiger partial charge in [0.1, 0.15) is 6.26 Å². The van der Waals surface area contributed by atoms with Crippen molar-refractivity contribution in [2.75, 3.05) is 23.4 Å². The Morgan fingerprint density at radius 3 is 2.77 bits per heavy atom. The number of nitrogens with zero attached hydrogens (tertiary/aromatic N) is 3. The van der Waals surface area contributed by atoms with Crippen molar-refractivity contribution in [3.8, 4) is 0 Å². The highest BCUT2D eigenvalue weighted by Gasteiger charge is 2.36. The van der Waals surface area contributed by atoms with Gasteiger partial charge in [-0.1, -0.05) is 18.2 Å². The van der Waals surface area contributed by atoms with Crippen LogP contribution in [-0.4, -0.2) is 30.5 Å². The number of fused-ring (bicyclic) bond motifs is 5. The Morgan fingerprint density at radius 2 is 2.00 bits per heavy atom. The molecule has 1 fully saturated rings. The van der Waals surface area contributed by atoms with Crippen LogP contribution in [0.2, 0.25) is 0 Å². The second-order valence-corrected chi connectivity index (χ2v) is 7.96. The first-order chi connectivity index (χ1) is 15.0. The fourth-order valence-electron chi connectivity index (χ4n) is 4.68. The molecule has 1 saturated heterocycles. The number of piperidine rings is 1. The molecule has 8 heteroatoms. The number of amides is 1. The second kappa shape index (κ2) is 7.46. The monoisotopic (exact) mass is 418 g/mol. The molecule has 5 rings (SSSR count). The molecular formula is C23H22N4O4. The molecule has 1 aromatic heterocycles. The van der Waals surface area contributed by atoms with Gasteiger partial charge >= 0.3 is 0 Å². The molecule has 2 aromatic carbocycles. The SMILES string of the molecule is CN1c2ccccc2[C@H]2C[C@H](NC(=O)c3ccoc3)CCN2c2ccc([N+](=O)[O-])cc21. The minimum Gasteiger partial charge on any atom is -0.472 e. The Labute approximate surface area is 179 Å². The summed E-state index contributed by atoms with van der Waals surface area (Å²) in [7, 11) is 1.94. The van der Waals surface area contributed by atoms with Crippen LogP contribution in [0.1, 0.15) is 34.8 Å². The Hall–Kier alpha value is -3.81. The molecule has 0 spiro atoms. The average molecular weight is 418 g/mol. The molecule has 1 amide bonds. The number of carbonyl (C=O) groups excluding carboxylic acids is 1. The predicted octanol–water partition coefficient (Wildman–Crippen LogP) is 4.41. The van der Waals surface area contributed by atoms with Gasteiger partial charge in [-0.3, -0.25) is 14.9 Å². The molecule has 3 heterocycles. The lowest BCUT2D eigenvalue weighted by Gasteiger charge is -2.41. The highest BCUT2D eigenvalue weighted by Crippen LogP contribution is 2.48. The van der Waals surface area contributed by atoms with E-state index in [0.717, 1.165) is 42.0 Å². The molecule has 2 aliphatic heterocycles. The zero-order valence-corrected chi connectivity index (χ0v) is 17.0. The first-order valence-corrected chi connectivity index (χ1v) is 10.2. The Morgan fingerprint density at radius 1 is 1.16 bits per heavy atom. The van der Waals surface area contributed by atoms with Gasteiger partial charge in [0.15, 0.2) is 0 Å². The van der Waals surface area contributed by atoms with Crippen molar-refractivity contribution < 1.29 is 14.1 Å². The number of anilines is 3. The lowest BCUT2D eigenvalue weighted by Crippen LogP contribution is -2.46. The van der Waals surface area contributed by atoms with Crippen molar-refractivity contribution in [3.05, 3.63) is 82.3 Å². The number of furan rings is 1. The molecule has 8 nitrogen and oxygen atoms in total. The van der Waals surface area contributed by atoms with Gasteiger partial charge in [-0.25, -0.2) is 0 Å². The standard InChI is InChI=1S/C23H22N4O4/c1-25-19-5-3-2-4-18(19)21-12-16(24-23(28)15-9-11-31-14-15)8-10-26(21)20-7-6-17(27(29)30)13-22(20)25/h2-7,9,11,13-14,16,21H,8,10,12H2,1H3,(H,24,28)/t16-,21-/m1/s1. The lowest BCUT2D eigenvalue weighted by atomic mass is 9.90. The zero-order chi connectivity index (χ0) is 21.5. The van der Waals surface area contributed by atoms with Crippen LogP contribution in [0.15, 0.2) is 65.5 Å². The molecule has 0 aliphatic carbocycles. The maximum Gasteiger partial charge on any atom is 0.271 e. The van der Waals surface area contributed by atoms with Crippen LogP contribution in [0.25, 0.3) is 0 Å². The summed E-state index contributed by atoms with van der Waals surface area (Å²) in [5.41, 5.74) is 4.52. The predicted molar refractivity (Wildman–Crippen MR) is 117 cm³/mol. The maximum atomic E-state index is 12.5. The number of non-ortho nitro benzene ring substituents is 1. The number of rotatable bonds is 3. The van der Waals surface area contributed by atoms with Gasteiger partial charge in [-0.2, -0.15) is 0 Å². The van der Waals surface area contributed by atoms with Gasteiger partial charge in [0.05, 0.1) is 34.2 Å². The summed E-state index contributed by atoms with van der Waals surface area (Å²) in [6, 6.07) is 14.9. The molecule has 0 bridgehead atoms. The van der Waals surface area contributed by atoms with Gasteiger partial charge in [0.25, 0.3) is 11.6 Å². The van der Waals surface area contributed by atoms with E-state index >= 15 is 0 Å². The molecule has 1 N–H and O–H groups in total. The zero-order valence-electron chi connectivity index (χ0n) is 17.0. The van der Waals surface area contributed by atoms with Crippen LogP contribution in [-0.2, 0) is 0 Å². The quantitative estimate of drug-likeness (QED) is 0.500. The van der Waals surface area contributed by atoms with Gasteiger partial charge in [-0.15, -0.1) is 0 Å². The Bertz CT molecular complexity index is 1140. The molecule has 2 aliphatic rings. The minimum atomic E-state index is -0.361. The van der Waals surface area contributed by atoms with Crippen molar-refractivity contribution in [1.82, 2.24) is 5.32 Å². The number of carbonyl (C=O) groups is 1. The average Bonchev–Trinajstić information content (AvgIpc) is 3.30. The van der Waals surface area contributed by atoms with Crippen molar-refractivity contribution in [2.45, 2.75) is 24.9 Å². The topological polar surface area (TPSA) is 91.9 Å². The number of nitrogens with one attached hydrogen (secondary N) is 1. The van der Waals surface area contributed by atoms with E-state index in [1.165, 1.54) is 12.5 Å². The van der Waals surface area contributed by atoms with Crippen LogP contribution >= 0.6 is 0 Å². The van der Waals surface area contributed by atoms with E-state index in [-0.39, 0.29) is 28.6 Å². The number of hydrogen-bond donors (Lipinski definition) is 1. The first kappa shape index (κ1) is 19.2. The summed E-state index contributed by atoms with van der Waals surface area (Å²) < 4.78 is 5.03. The molecule has 158 valence electrons. The number of para-hydroxylation sites is 1. The molecule has 2 atom stereocenters. The summed E-state index contributed by atoms with van der Waals surface area (Å²) in [6.45, 7) is 0.730. The van der Waals surface area contributed by atoms with Crippen molar-refractivity contribution in [2.24, 2.45) is 0 Å². The van der Waals surface area contributed by atoms with Crippen LogP contribution in [0.5, 0.6) is 0 Å². The van der Waals surface area contributed by atoms with Crippen molar-refractivity contribution in [1.29, 1.82) is 0 Å². The third-order valence-corrected chi connectivity index (χ3v) is 6.22. The van der Waals surface area contributed by atoms with Gasteiger partial charge < -0.3 is 19.5 Å². The van der Waals surface area contributed by atoms with Crippen LogP contribution < -0.4 is 15.1 Å². The lowest BCUT2D eigenvalue weighted by molar-refractivity contribution is -0.384. The normalized spacial score (nSPS) is 19.6. The summed E-state index contributed by atoms with van der Waals surface area (Å²) >= 11 is 0. The second-order valence-electron chi connectivity index (χ2n) is 7.96. The Balaban J connectivity index is 1.52. The fourth-order valence-corrected chi connectivity index (χ4v) is 4.68. The van der Waals surface area contributed by atoms with Crippen molar-refractivity contribution in [3.63, 3.8) is 0 Å². The maximum absolute atomic E-state index is 12.5. The highest BCUT2D eigenvalue weighted by molar-refractivity contribution is 5.94. The number of benzene rings is 2. The molecule has 31 heavy (non-hydrogen) atoms.